The first-order valence-corrected chi connectivity index (χ1v) is 10.9. The van der Waals surface area contributed by atoms with Gasteiger partial charge in [0.1, 0.15) is 17.2 Å². The summed E-state index contributed by atoms with van der Waals surface area (Å²) in [6.07, 6.45) is 5.86. The van der Waals surface area contributed by atoms with Crippen molar-refractivity contribution in [1.29, 1.82) is 0 Å². The van der Waals surface area contributed by atoms with E-state index in [4.69, 9.17) is 4.74 Å². The number of benzene rings is 2. The first kappa shape index (κ1) is 17.9. The summed E-state index contributed by atoms with van der Waals surface area (Å²) in [7, 11) is 0. The Balaban J connectivity index is 1.49. The number of anilines is 1. The van der Waals surface area contributed by atoms with E-state index in [0.717, 1.165) is 57.3 Å². The Hall–Kier alpha value is -2.18. The SMILES string of the molecule is Fc1ccc(C2=CC3(CCN(c4ncc(Br)s4)CC3)Oc3ccccc32)cc1. The summed E-state index contributed by atoms with van der Waals surface area (Å²) in [6, 6.07) is 14.8. The molecule has 5 rings (SSSR count). The number of aromatic nitrogens is 1. The van der Waals surface area contributed by atoms with Gasteiger partial charge in [-0.05, 0) is 51.3 Å². The summed E-state index contributed by atoms with van der Waals surface area (Å²) in [4.78, 5) is 6.80. The van der Waals surface area contributed by atoms with Crippen LogP contribution in [0.15, 0.2) is 64.6 Å². The molecule has 0 amide bonds. The first-order chi connectivity index (χ1) is 13.6. The minimum Gasteiger partial charge on any atom is -0.482 e. The molecule has 1 spiro atoms. The average Bonchev–Trinajstić information content (AvgIpc) is 3.15. The highest BCUT2D eigenvalue weighted by molar-refractivity contribution is 9.11. The number of halogens is 2. The van der Waals surface area contributed by atoms with Gasteiger partial charge < -0.3 is 9.64 Å². The van der Waals surface area contributed by atoms with E-state index in [1.807, 2.05) is 36.5 Å². The van der Waals surface area contributed by atoms with Crippen LogP contribution in [0, 0.1) is 5.82 Å². The second-order valence-electron chi connectivity index (χ2n) is 7.16. The van der Waals surface area contributed by atoms with E-state index in [-0.39, 0.29) is 11.4 Å². The van der Waals surface area contributed by atoms with E-state index in [1.54, 1.807) is 11.3 Å². The fraction of sp³-hybridized carbons (Fsp3) is 0.227. The monoisotopic (exact) mass is 456 g/mol. The van der Waals surface area contributed by atoms with Gasteiger partial charge in [0.25, 0.3) is 0 Å². The van der Waals surface area contributed by atoms with Gasteiger partial charge in [-0.25, -0.2) is 9.37 Å². The van der Waals surface area contributed by atoms with Crippen molar-refractivity contribution in [3.8, 4) is 5.75 Å². The van der Waals surface area contributed by atoms with Crippen molar-refractivity contribution in [2.45, 2.75) is 18.4 Å². The zero-order valence-electron chi connectivity index (χ0n) is 15.1. The maximum Gasteiger partial charge on any atom is 0.186 e. The number of nitrogens with zero attached hydrogens (tertiary/aromatic N) is 2. The summed E-state index contributed by atoms with van der Waals surface area (Å²) >= 11 is 5.15. The van der Waals surface area contributed by atoms with Crippen LogP contribution in [0.2, 0.25) is 0 Å². The van der Waals surface area contributed by atoms with E-state index in [2.05, 4.69) is 38.0 Å². The van der Waals surface area contributed by atoms with Crippen molar-refractivity contribution in [1.82, 2.24) is 4.98 Å². The van der Waals surface area contributed by atoms with Gasteiger partial charge in [-0.15, -0.1) is 0 Å². The average molecular weight is 457 g/mol. The number of thiazole rings is 1. The molecule has 0 radical (unpaired) electrons. The van der Waals surface area contributed by atoms with Crippen LogP contribution >= 0.6 is 27.3 Å². The third-order valence-corrected chi connectivity index (χ3v) is 6.94. The topological polar surface area (TPSA) is 25.4 Å². The summed E-state index contributed by atoms with van der Waals surface area (Å²) in [5.74, 6) is 0.678. The Bertz CT molecular complexity index is 1040. The second-order valence-corrected chi connectivity index (χ2v) is 9.55. The normalized spacial score (nSPS) is 17.8. The van der Waals surface area contributed by atoms with Crippen LogP contribution in [0.4, 0.5) is 9.52 Å². The van der Waals surface area contributed by atoms with Crippen LogP contribution in [-0.2, 0) is 0 Å². The van der Waals surface area contributed by atoms with Gasteiger partial charge in [0.15, 0.2) is 5.13 Å². The molecule has 6 heteroatoms. The summed E-state index contributed by atoms with van der Waals surface area (Å²) in [5, 5.41) is 1.04. The molecule has 3 aromatic rings. The van der Waals surface area contributed by atoms with Crippen molar-refractivity contribution in [3.05, 3.63) is 81.5 Å². The summed E-state index contributed by atoms with van der Waals surface area (Å²) < 4.78 is 21.0. The van der Waals surface area contributed by atoms with Crippen molar-refractivity contribution in [2.75, 3.05) is 18.0 Å². The number of hydrogen-bond acceptors (Lipinski definition) is 4. The van der Waals surface area contributed by atoms with Crippen LogP contribution in [0.3, 0.4) is 0 Å². The third kappa shape index (κ3) is 3.25. The Morgan fingerprint density at radius 1 is 1.07 bits per heavy atom. The zero-order valence-corrected chi connectivity index (χ0v) is 17.5. The first-order valence-electron chi connectivity index (χ1n) is 9.25. The Kier molecular flexibility index (Phi) is 4.48. The van der Waals surface area contributed by atoms with Crippen molar-refractivity contribution >= 4 is 38.0 Å². The van der Waals surface area contributed by atoms with Gasteiger partial charge in [-0.1, -0.05) is 41.7 Å². The highest BCUT2D eigenvalue weighted by Gasteiger charge is 2.39. The molecule has 28 heavy (non-hydrogen) atoms. The number of hydrogen-bond donors (Lipinski definition) is 0. The molecule has 0 unspecified atom stereocenters. The predicted molar refractivity (Wildman–Crippen MR) is 115 cm³/mol. The molecule has 142 valence electrons. The van der Waals surface area contributed by atoms with Gasteiger partial charge >= 0.3 is 0 Å². The van der Waals surface area contributed by atoms with Crippen molar-refractivity contribution < 1.29 is 9.13 Å². The zero-order chi connectivity index (χ0) is 19.1. The molecular formula is C22H18BrFN2OS. The van der Waals surface area contributed by atoms with E-state index in [9.17, 15) is 4.39 Å². The van der Waals surface area contributed by atoms with Crippen LogP contribution in [0.5, 0.6) is 5.75 Å². The van der Waals surface area contributed by atoms with Crippen molar-refractivity contribution in [3.63, 3.8) is 0 Å². The quantitative estimate of drug-likeness (QED) is 0.479. The summed E-state index contributed by atoms with van der Waals surface area (Å²) in [6.45, 7) is 1.77. The molecule has 1 fully saturated rings. The number of ether oxygens (including phenoxy) is 1. The Morgan fingerprint density at radius 3 is 2.54 bits per heavy atom. The molecule has 2 aromatic carbocycles. The lowest BCUT2D eigenvalue weighted by Gasteiger charge is -2.43. The molecule has 3 nitrogen and oxygen atoms in total. The lowest BCUT2D eigenvalue weighted by atomic mass is 9.83. The van der Waals surface area contributed by atoms with Crippen LogP contribution in [0.25, 0.3) is 5.57 Å². The van der Waals surface area contributed by atoms with Gasteiger partial charge in [-0.3, -0.25) is 0 Å². The van der Waals surface area contributed by atoms with E-state index in [0.29, 0.717) is 0 Å². The minimum absolute atomic E-state index is 0.220. The molecule has 1 aromatic heterocycles. The molecule has 0 aliphatic carbocycles. The smallest absolute Gasteiger partial charge is 0.186 e. The maximum absolute atomic E-state index is 13.4. The van der Waals surface area contributed by atoms with Gasteiger partial charge in [0.05, 0.1) is 9.98 Å². The molecule has 0 saturated carbocycles. The second kappa shape index (κ2) is 7.01. The third-order valence-electron chi connectivity index (χ3n) is 5.40. The van der Waals surface area contributed by atoms with Gasteiger partial charge in [-0.2, -0.15) is 0 Å². The molecule has 2 aliphatic rings. The van der Waals surface area contributed by atoms with E-state index in [1.165, 1.54) is 12.1 Å². The molecule has 0 atom stereocenters. The fourth-order valence-electron chi connectivity index (χ4n) is 3.95. The highest BCUT2D eigenvalue weighted by Crippen LogP contribution is 2.44. The van der Waals surface area contributed by atoms with E-state index >= 15 is 0 Å². The number of para-hydroxylation sites is 1. The Labute approximate surface area is 175 Å². The molecule has 1 saturated heterocycles. The maximum atomic E-state index is 13.4. The predicted octanol–water partition coefficient (Wildman–Crippen LogP) is 5.91. The van der Waals surface area contributed by atoms with Crippen molar-refractivity contribution in [2.24, 2.45) is 0 Å². The van der Waals surface area contributed by atoms with Crippen LogP contribution < -0.4 is 9.64 Å². The van der Waals surface area contributed by atoms with Gasteiger partial charge in [0.2, 0.25) is 0 Å². The standard InChI is InChI=1S/C22H18BrFN2OS/c23-20-14-25-21(28-20)26-11-9-22(10-12-26)13-18(15-5-7-16(24)8-6-15)17-3-1-2-4-19(17)27-22/h1-8,13-14H,9-12H2. The lowest BCUT2D eigenvalue weighted by Crippen LogP contribution is -2.48. The molecule has 3 heterocycles. The summed E-state index contributed by atoms with van der Waals surface area (Å²) in [5.41, 5.74) is 2.85. The Morgan fingerprint density at radius 2 is 1.82 bits per heavy atom. The number of fused-ring (bicyclic) bond motifs is 1. The number of piperidine rings is 1. The number of rotatable bonds is 2. The molecule has 0 N–H and O–H groups in total. The fourth-order valence-corrected chi connectivity index (χ4v) is 5.18. The van der Waals surface area contributed by atoms with Gasteiger partial charge in [0, 0.05) is 31.5 Å². The molecular weight excluding hydrogens is 439 g/mol. The largest absolute Gasteiger partial charge is 0.482 e. The van der Waals surface area contributed by atoms with E-state index < -0.39 is 0 Å². The lowest BCUT2D eigenvalue weighted by molar-refractivity contribution is 0.0886. The molecule has 2 aliphatic heterocycles. The molecule has 0 bridgehead atoms. The minimum atomic E-state index is -0.344. The highest BCUT2D eigenvalue weighted by atomic mass is 79.9. The van der Waals surface area contributed by atoms with Crippen LogP contribution in [-0.4, -0.2) is 23.7 Å². The van der Waals surface area contributed by atoms with Crippen LogP contribution in [0.1, 0.15) is 24.0 Å².